The first-order valence-corrected chi connectivity index (χ1v) is 7.35. The van der Waals surface area contributed by atoms with Crippen molar-refractivity contribution >= 4 is 23.1 Å². The Labute approximate surface area is 113 Å². The highest BCUT2D eigenvalue weighted by molar-refractivity contribution is 7.99. The van der Waals surface area contributed by atoms with Crippen LogP contribution in [0.1, 0.15) is 12.6 Å². The van der Waals surface area contributed by atoms with Gasteiger partial charge in [0.15, 0.2) is 0 Å². The van der Waals surface area contributed by atoms with Crippen LogP contribution < -0.4 is 0 Å². The predicted molar refractivity (Wildman–Crippen MR) is 73.2 cm³/mol. The van der Waals surface area contributed by atoms with Gasteiger partial charge >= 0.3 is 0 Å². The first-order chi connectivity index (χ1) is 8.76. The molecule has 0 aliphatic heterocycles. The average molecular weight is 278 g/mol. The van der Waals surface area contributed by atoms with Crippen LogP contribution in [0.3, 0.4) is 0 Å². The molecular weight excluding hydrogens is 267 g/mol. The van der Waals surface area contributed by atoms with E-state index in [1.165, 1.54) is 17.4 Å². The number of hydrogen-bond donors (Lipinski definition) is 0. The Balaban J connectivity index is 2.45. The van der Waals surface area contributed by atoms with Crippen molar-refractivity contribution in [2.24, 2.45) is 0 Å². The van der Waals surface area contributed by atoms with Gasteiger partial charge in [-0.3, -0.25) is 0 Å². The second-order valence-electron chi connectivity index (χ2n) is 3.52. The topological polar surface area (TPSA) is 36.7 Å². The van der Waals surface area contributed by atoms with Gasteiger partial charge in [0.05, 0.1) is 23.7 Å². The van der Waals surface area contributed by atoms with Gasteiger partial charge in [-0.15, -0.1) is 23.1 Å². The van der Waals surface area contributed by atoms with Crippen molar-refractivity contribution in [1.82, 2.24) is 4.98 Å². The third-order valence-electron chi connectivity index (χ3n) is 2.30. The highest BCUT2D eigenvalue weighted by atomic mass is 32.2. The summed E-state index contributed by atoms with van der Waals surface area (Å²) >= 11 is 2.98. The van der Waals surface area contributed by atoms with Gasteiger partial charge < -0.3 is 0 Å². The maximum Gasteiger partial charge on any atom is 0.134 e. The predicted octanol–water partition coefficient (Wildman–Crippen LogP) is 4.13. The molecule has 0 aliphatic rings. The lowest BCUT2D eigenvalue weighted by atomic mass is 10.2. The third kappa shape index (κ3) is 2.71. The quantitative estimate of drug-likeness (QED) is 0.789. The summed E-state index contributed by atoms with van der Waals surface area (Å²) in [5.41, 5.74) is 1.26. The zero-order valence-electron chi connectivity index (χ0n) is 9.81. The number of nitrogens with zero attached hydrogens (tertiary/aromatic N) is 2. The number of rotatable bonds is 4. The molecule has 2 nitrogen and oxygen atoms in total. The molecule has 2 rings (SSSR count). The van der Waals surface area contributed by atoms with Crippen LogP contribution in [0.15, 0.2) is 28.5 Å². The highest BCUT2D eigenvalue weighted by Gasteiger charge is 2.14. The SMILES string of the molecule is CCSc1cccc(F)c1-c1nc(CC#N)cs1. The Bertz CT molecular complexity index is 587. The molecule has 0 fully saturated rings. The largest absolute Gasteiger partial charge is 0.240 e. The molecule has 0 amide bonds. The summed E-state index contributed by atoms with van der Waals surface area (Å²) in [6.07, 6.45) is 0.265. The highest BCUT2D eigenvalue weighted by Crippen LogP contribution is 2.35. The molecule has 0 atom stereocenters. The fourth-order valence-corrected chi connectivity index (χ4v) is 3.34. The lowest BCUT2D eigenvalue weighted by Gasteiger charge is -2.06. The van der Waals surface area contributed by atoms with Crippen LogP contribution >= 0.6 is 23.1 Å². The summed E-state index contributed by atoms with van der Waals surface area (Å²) < 4.78 is 13.9. The van der Waals surface area contributed by atoms with Gasteiger partial charge in [0.2, 0.25) is 0 Å². The van der Waals surface area contributed by atoms with E-state index < -0.39 is 0 Å². The summed E-state index contributed by atoms with van der Waals surface area (Å²) in [7, 11) is 0. The van der Waals surface area contributed by atoms with Crippen LogP contribution in [-0.4, -0.2) is 10.7 Å². The summed E-state index contributed by atoms with van der Waals surface area (Å²) in [6, 6.07) is 7.10. The van der Waals surface area contributed by atoms with Gasteiger partial charge in [-0.25, -0.2) is 9.37 Å². The van der Waals surface area contributed by atoms with Crippen molar-refractivity contribution in [3.63, 3.8) is 0 Å². The normalized spacial score (nSPS) is 10.3. The van der Waals surface area contributed by atoms with E-state index in [2.05, 4.69) is 4.98 Å². The van der Waals surface area contributed by atoms with E-state index in [1.807, 2.05) is 24.4 Å². The number of aromatic nitrogens is 1. The second kappa shape index (κ2) is 5.98. The fraction of sp³-hybridized carbons (Fsp3) is 0.231. The Morgan fingerprint density at radius 1 is 1.50 bits per heavy atom. The molecule has 92 valence electrons. The number of nitriles is 1. The standard InChI is InChI=1S/C13H11FN2S2/c1-2-17-11-5-3-4-10(14)12(11)13-16-9(6-7-15)8-18-13/h3-5,8H,2,6H2,1H3. The second-order valence-corrected chi connectivity index (χ2v) is 5.69. The van der Waals surface area contributed by atoms with Crippen LogP contribution in [0.25, 0.3) is 10.6 Å². The van der Waals surface area contributed by atoms with Gasteiger partial charge in [-0.05, 0) is 17.9 Å². The van der Waals surface area contributed by atoms with Crippen molar-refractivity contribution in [2.45, 2.75) is 18.2 Å². The van der Waals surface area contributed by atoms with Crippen LogP contribution in [0.2, 0.25) is 0 Å². The van der Waals surface area contributed by atoms with Crippen LogP contribution in [0.5, 0.6) is 0 Å². The van der Waals surface area contributed by atoms with E-state index >= 15 is 0 Å². The van der Waals surface area contributed by atoms with Gasteiger partial charge in [-0.2, -0.15) is 5.26 Å². The Morgan fingerprint density at radius 3 is 3.06 bits per heavy atom. The number of thiazole rings is 1. The Hall–Kier alpha value is -1.38. The minimum Gasteiger partial charge on any atom is -0.240 e. The third-order valence-corrected chi connectivity index (χ3v) is 4.15. The van der Waals surface area contributed by atoms with Gasteiger partial charge in [-0.1, -0.05) is 13.0 Å². The molecule has 0 aliphatic carbocycles. The van der Waals surface area contributed by atoms with E-state index in [9.17, 15) is 4.39 Å². The molecule has 0 bridgehead atoms. The molecule has 0 unspecified atom stereocenters. The van der Waals surface area contributed by atoms with Gasteiger partial charge in [0, 0.05) is 10.3 Å². The maximum atomic E-state index is 13.9. The molecule has 18 heavy (non-hydrogen) atoms. The summed E-state index contributed by atoms with van der Waals surface area (Å²) in [5.74, 6) is 0.624. The maximum absolute atomic E-state index is 13.9. The number of halogens is 1. The van der Waals surface area contributed by atoms with E-state index in [0.29, 0.717) is 16.3 Å². The summed E-state index contributed by atoms with van der Waals surface area (Å²) in [5, 5.41) is 11.1. The number of thioether (sulfide) groups is 1. The van der Waals surface area contributed by atoms with Crippen molar-refractivity contribution in [3.05, 3.63) is 35.1 Å². The lowest BCUT2D eigenvalue weighted by molar-refractivity contribution is 0.628. The van der Waals surface area contributed by atoms with Crippen LogP contribution in [0.4, 0.5) is 4.39 Å². The van der Waals surface area contributed by atoms with E-state index in [1.54, 1.807) is 17.8 Å². The molecule has 2 aromatic rings. The number of hydrogen-bond acceptors (Lipinski definition) is 4. The van der Waals surface area contributed by atoms with Crippen molar-refractivity contribution in [1.29, 1.82) is 5.26 Å². The zero-order valence-corrected chi connectivity index (χ0v) is 11.4. The first kappa shape index (κ1) is 13.1. The molecular formula is C13H11FN2S2. The zero-order chi connectivity index (χ0) is 13.0. The molecule has 1 heterocycles. The van der Waals surface area contributed by atoms with E-state index in [-0.39, 0.29) is 12.2 Å². The van der Waals surface area contributed by atoms with Gasteiger partial charge in [0.25, 0.3) is 0 Å². The van der Waals surface area contributed by atoms with Crippen molar-refractivity contribution in [2.75, 3.05) is 5.75 Å². The molecule has 0 spiro atoms. The molecule has 0 radical (unpaired) electrons. The van der Waals surface area contributed by atoms with E-state index in [4.69, 9.17) is 5.26 Å². The molecule has 1 aromatic heterocycles. The minimum absolute atomic E-state index is 0.258. The smallest absolute Gasteiger partial charge is 0.134 e. The number of benzene rings is 1. The van der Waals surface area contributed by atoms with Crippen molar-refractivity contribution < 1.29 is 4.39 Å². The van der Waals surface area contributed by atoms with Crippen LogP contribution in [-0.2, 0) is 6.42 Å². The van der Waals surface area contributed by atoms with Crippen molar-refractivity contribution in [3.8, 4) is 16.6 Å². The average Bonchev–Trinajstić information content (AvgIpc) is 2.78. The Kier molecular flexibility index (Phi) is 4.34. The molecule has 5 heteroatoms. The van der Waals surface area contributed by atoms with Crippen LogP contribution in [0, 0.1) is 17.1 Å². The summed E-state index contributed by atoms with van der Waals surface area (Å²) in [6.45, 7) is 2.03. The Morgan fingerprint density at radius 2 is 2.33 bits per heavy atom. The molecule has 0 saturated heterocycles. The first-order valence-electron chi connectivity index (χ1n) is 5.49. The molecule has 0 N–H and O–H groups in total. The molecule has 1 aromatic carbocycles. The lowest BCUT2D eigenvalue weighted by Crippen LogP contribution is -1.89. The van der Waals surface area contributed by atoms with E-state index in [0.717, 1.165) is 10.6 Å². The van der Waals surface area contributed by atoms with Gasteiger partial charge in [0.1, 0.15) is 10.8 Å². The monoisotopic (exact) mass is 278 g/mol. The minimum atomic E-state index is -0.258. The fourth-order valence-electron chi connectivity index (χ4n) is 1.57. The summed E-state index contributed by atoms with van der Waals surface area (Å²) in [4.78, 5) is 5.22. The molecule has 0 saturated carbocycles.